The number of ether oxygens (including phenoxy) is 2. The van der Waals surface area contributed by atoms with E-state index in [-0.39, 0.29) is 67.9 Å². The lowest BCUT2D eigenvalue weighted by Crippen LogP contribution is -2.43. The van der Waals surface area contributed by atoms with E-state index >= 15 is 0 Å². The summed E-state index contributed by atoms with van der Waals surface area (Å²) >= 11 is 0. The number of hydrogen-bond donors (Lipinski definition) is 4. The number of hydrogen-bond acceptors (Lipinski definition) is 9. The predicted octanol–water partition coefficient (Wildman–Crippen LogP) is 3.78. The van der Waals surface area contributed by atoms with E-state index in [0.29, 0.717) is 19.4 Å². The number of nitrogens with zero attached hydrogens (tertiary/aromatic N) is 3. The second kappa shape index (κ2) is 20.8. The van der Waals surface area contributed by atoms with Crippen LogP contribution in [0, 0.1) is 5.92 Å². The van der Waals surface area contributed by atoms with Crippen molar-refractivity contribution < 1.29 is 23.9 Å². The van der Waals surface area contributed by atoms with Crippen molar-refractivity contribution in [2.24, 2.45) is 5.92 Å². The van der Waals surface area contributed by atoms with Crippen LogP contribution >= 0.6 is 0 Å². The molecule has 2 rings (SSSR count). The highest BCUT2D eigenvalue weighted by Gasteiger charge is 2.24. The van der Waals surface area contributed by atoms with Gasteiger partial charge < -0.3 is 30.7 Å². The first-order valence-electron chi connectivity index (χ1n) is 15.5. The molecule has 0 aliphatic rings. The van der Waals surface area contributed by atoms with Gasteiger partial charge in [0.15, 0.2) is 0 Å². The summed E-state index contributed by atoms with van der Waals surface area (Å²) in [5.41, 5.74) is 0.986. The number of nitrogens with one attached hydrogen (secondary N) is 4. The highest BCUT2D eigenvalue weighted by atomic mass is 16.5. The van der Waals surface area contributed by atoms with Crippen molar-refractivity contribution in [3.05, 3.63) is 35.9 Å². The molecule has 4 N–H and O–H groups in total. The Bertz CT molecular complexity index is 1050. The van der Waals surface area contributed by atoms with Crippen LogP contribution in [0.4, 0.5) is 5.95 Å². The molecule has 0 saturated carbocycles. The minimum atomic E-state index is -0.642. The monoisotopic (exact) mass is 599 g/mol. The molecule has 2 aromatic rings. The summed E-state index contributed by atoms with van der Waals surface area (Å²) in [4.78, 5) is 50.0. The number of amides is 3. The van der Waals surface area contributed by atoms with E-state index in [1.807, 2.05) is 44.2 Å². The molecule has 1 atom stereocenters. The molecule has 12 nitrogen and oxygen atoms in total. The number of unbranched alkanes of at least 4 members (excludes halogenated alkanes) is 4. The smallest absolute Gasteiger partial charge is 0.324 e. The quantitative estimate of drug-likeness (QED) is 0.148. The molecule has 0 bridgehead atoms. The fourth-order valence-electron chi connectivity index (χ4n) is 4.01. The Morgan fingerprint density at radius 3 is 1.77 bits per heavy atom. The third kappa shape index (κ3) is 15.2. The molecule has 1 aromatic carbocycles. The van der Waals surface area contributed by atoms with Gasteiger partial charge in [-0.1, -0.05) is 83.7 Å². The maximum atomic E-state index is 13.1. The Kier molecular flexibility index (Phi) is 17.1. The summed E-state index contributed by atoms with van der Waals surface area (Å²) in [7, 11) is 0. The van der Waals surface area contributed by atoms with Crippen molar-refractivity contribution in [3.63, 3.8) is 0 Å². The maximum absolute atomic E-state index is 13.1. The highest BCUT2D eigenvalue weighted by molar-refractivity contribution is 5.84. The molecular weight excluding hydrogens is 550 g/mol. The Balaban J connectivity index is 2.03. The van der Waals surface area contributed by atoms with E-state index in [1.165, 1.54) is 0 Å². The summed E-state index contributed by atoms with van der Waals surface area (Å²) in [5.74, 6) is -0.247. The summed E-state index contributed by atoms with van der Waals surface area (Å²) in [6.45, 7) is 9.26. The van der Waals surface area contributed by atoms with Crippen LogP contribution in [-0.4, -0.2) is 65.0 Å². The fourth-order valence-corrected chi connectivity index (χ4v) is 4.01. The van der Waals surface area contributed by atoms with Crippen LogP contribution in [0.5, 0.6) is 12.0 Å². The van der Waals surface area contributed by atoms with Crippen molar-refractivity contribution in [3.8, 4) is 12.0 Å². The third-order valence-electron chi connectivity index (χ3n) is 6.46. The minimum absolute atomic E-state index is 0.0106. The van der Waals surface area contributed by atoms with E-state index in [4.69, 9.17) is 9.47 Å². The molecule has 0 saturated heterocycles. The van der Waals surface area contributed by atoms with E-state index in [1.54, 1.807) is 0 Å². The predicted molar refractivity (Wildman–Crippen MR) is 166 cm³/mol. The maximum Gasteiger partial charge on any atom is 0.324 e. The number of anilines is 1. The van der Waals surface area contributed by atoms with E-state index < -0.39 is 6.04 Å². The third-order valence-corrected chi connectivity index (χ3v) is 6.46. The zero-order chi connectivity index (χ0) is 31.3. The first-order chi connectivity index (χ1) is 20.8. The van der Waals surface area contributed by atoms with Crippen LogP contribution in [0.3, 0.4) is 0 Å². The summed E-state index contributed by atoms with van der Waals surface area (Å²) in [6.07, 6.45) is 6.77. The Hall–Kier alpha value is -3.96. The molecule has 0 spiro atoms. The summed E-state index contributed by atoms with van der Waals surface area (Å²) in [6, 6.07) is 8.99. The molecule has 0 aliphatic heterocycles. The largest absolute Gasteiger partial charge is 0.461 e. The average molecular weight is 600 g/mol. The molecule has 43 heavy (non-hydrogen) atoms. The molecule has 1 aromatic heterocycles. The first kappa shape index (κ1) is 35.2. The topological polar surface area (TPSA) is 156 Å². The summed E-state index contributed by atoms with van der Waals surface area (Å²) < 4.78 is 11.4. The SMILES string of the molecule is CCCCCC(=O)NCCOc1nc(N[C@H](C(=O)NCc2ccccc2)C(C)C)nc(OCCNC(=O)CCCCC)n1. The Labute approximate surface area is 255 Å². The van der Waals surface area contributed by atoms with Gasteiger partial charge in [0.1, 0.15) is 19.3 Å². The number of aromatic nitrogens is 3. The zero-order valence-electron chi connectivity index (χ0n) is 26.1. The molecule has 0 aliphatic carbocycles. The molecule has 0 unspecified atom stereocenters. The molecule has 12 heteroatoms. The molecular formula is C31H49N7O5. The minimum Gasteiger partial charge on any atom is -0.461 e. The zero-order valence-corrected chi connectivity index (χ0v) is 26.1. The number of carbonyl (C=O) groups excluding carboxylic acids is 3. The number of benzene rings is 1. The van der Waals surface area contributed by atoms with Gasteiger partial charge in [-0.3, -0.25) is 14.4 Å². The van der Waals surface area contributed by atoms with Crippen molar-refractivity contribution in [1.82, 2.24) is 30.9 Å². The van der Waals surface area contributed by atoms with E-state index in [2.05, 4.69) is 50.1 Å². The fraction of sp³-hybridized carbons (Fsp3) is 0.613. The van der Waals surface area contributed by atoms with Gasteiger partial charge in [-0.2, -0.15) is 9.97 Å². The van der Waals surface area contributed by atoms with Crippen molar-refractivity contribution in [1.29, 1.82) is 0 Å². The van der Waals surface area contributed by atoms with Gasteiger partial charge in [0.25, 0.3) is 0 Å². The van der Waals surface area contributed by atoms with Gasteiger partial charge in [-0.15, -0.1) is 4.98 Å². The van der Waals surface area contributed by atoms with Crippen LogP contribution in [0.25, 0.3) is 0 Å². The van der Waals surface area contributed by atoms with Gasteiger partial charge in [0.05, 0.1) is 13.1 Å². The molecule has 0 radical (unpaired) electrons. The standard InChI is InChI=1S/C31H49N7O5/c1-5-7-10-16-25(39)32-18-20-42-30-36-29(37-31(38-30)43-21-19-33-26(40)17-11-8-6-2)35-27(23(3)4)28(41)34-22-24-14-12-9-13-15-24/h9,12-15,23,27H,5-8,10-11,16-22H2,1-4H3,(H,32,39)(H,33,40)(H,34,41)(H,35,36,37,38)/t27-/m0/s1. The molecule has 1 heterocycles. The van der Waals surface area contributed by atoms with E-state index in [9.17, 15) is 14.4 Å². The van der Waals surface area contributed by atoms with Crippen LogP contribution in [0.15, 0.2) is 30.3 Å². The van der Waals surface area contributed by atoms with Crippen LogP contribution in [0.2, 0.25) is 0 Å². The second-order valence-electron chi connectivity index (χ2n) is 10.6. The van der Waals surface area contributed by atoms with E-state index in [0.717, 1.165) is 44.1 Å². The number of carbonyl (C=O) groups is 3. The second-order valence-corrected chi connectivity index (χ2v) is 10.6. The first-order valence-corrected chi connectivity index (χ1v) is 15.5. The molecule has 3 amide bonds. The van der Waals surface area contributed by atoms with Gasteiger partial charge >= 0.3 is 12.0 Å². The lowest BCUT2D eigenvalue weighted by Gasteiger charge is -2.22. The average Bonchev–Trinajstić information content (AvgIpc) is 2.99. The lowest BCUT2D eigenvalue weighted by atomic mass is 10.0. The Morgan fingerprint density at radius 1 is 0.744 bits per heavy atom. The normalized spacial score (nSPS) is 11.5. The van der Waals surface area contributed by atoms with Crippen molar-refractivity contribution >= 4 is 23.7 Å². The molecule has 238 valence electrons. The van der Waals surface area contributed by atoms with Gasteiger partial charge in [0, 0.05) is 19.4 Å². The van der Waals surface area contributed by atoms with Crippen LogP contribution < -0.4 is 30.7 Å². The van der Waals surface area contributed by atoms with Crippen molar-refractivity contribution in [2.45, 2.75) is 91.6 Å². The summed E-state index contributed by atoms with van der Waals surface area (Å²) in [5, 5.41) is 11.7. The molecule has 0 fully saturated rings. The Morgan fingerprint density at radius 2 is 1.28 bits per heavy atom. The van der Waals surface area contributed by atoms with Gasteiger partial charge in [0.2, 0.25) is 23.7 Å². The van der Waals surface area contributed by atoms with Crippen LogP contribution in [-0.2, 0) is 20.9 Å². The lowest BCUT2D eigenvalue weighted by molar-refractivity contribution is -0.123. The number of rotatable bonds is 22. The van der Waals surface area contributed by atoms with Gasteiger partial charge in [-0.25, -0.2) is 0 Å². The van der Waals surface area contributed by atoms with Gasteiger partial charge in [-0.05, 0) is 24.3 Å². The highest BCUT2D eigenvalue weighted by Crippen LogP contribution is 2.16. The van der Waals surface area contributed by atoms with Crippen LogP contribution in [0.1, 0.15) is 84.6 Å². The van der Waals surface area contributed by atoms with Crippen molar-refractivity contribution in [2.75, 3.05) is 31.6 Å².